The van der Waals surface area contributed by atoms with E-state index in [1.165, 1.54) is 5.57 Å². The highest BCUT2D eigenvalue weighted by Gasteiger charge is 2.32. The molecule has 2 heterocycles. The largest absolute Gasteiger partial charge is 0.482 e. The van der Waals surface area contributed by atoms with Gasteiger partial charge in [0.2, 0.25) is 0 Å². The molecule has 2 aromatic rings. The van der Waals surface area contributed by atoms with Crippen molar-refractivity contribution in [1.82, 2.24) is 0 Å². The first-order chi connectivity index (χ1) is 12.6. The van der Waals surface area contributed by atoms with Gasteiger partial charge in [-0.25, -0.2) is 0 Å². The monoisotopic (exact) mass is 344 g/mol. The maximum absolute atomic E-state index is 6.61. The lowest BCUT2D eigenvalue weighted by Gasteiger charge is -2.33. The number of benzene rings is 2. The van der Waals surface area contributed by atoms with Crippen LogP contribution in [0.5, 0.6) is 11.5 Å². The van der Waals surface area contributed by atoms with Crippen molar-refractivity contribution in [3.63, 3.8) is 0 Å². The Kier molecular flexibility index (Phi) is 4.20. The number of para-hydroxylation sites is 2. The lowest BCUT2D eigenvalue weighted by molar-refractivity contribution is 0.0966. The van der Waals surface area contributed by atoms with Gasteiger partial charge in [-0.05, 0) is 57.9 Å². The Balaban J connectivity index is 1.78. The van der Waals surface area contributed by atoms with E-state index in [4.69, 9.17) is 9.47 Å². The van der Waals surface area contributed by atoms with Crippen LogP contribution in [-0.4, -0.2) is 5.60 Å². The zero-order valence-electron chi connectivity index (χ0n) is 15.6. The molecule has 0 N–H and O–H groups in total. The van der Waals surface area contributed by atoms with Crippen molar-refractivity contribution in [3.8, 4) is 11.5 Å². The summed E-state index contributed by atoms with van der Waals surface area (Å²) in [6.45, 7) is 6.43. The van der Waals surface area contributed by atoms with Crippen LogP contribution in [0.1, 0.15) is 44.7 Å². The van der Waals surface area contributed by atoms with Crippen molar-refractivity contribution in [2.45, 2.75) is 39.2 Å². The molecule has 4 rings (SSSR count). The highest BCUT2D eigenvalue weighted by atomic mass is 16.5. The molecule has 0 aliphatic carbocycles. The standard InChI is InChI=1S/C24H24O2/c1-17(2)9-8-15-24(3)16-14-19-18-10-4-6-12-21(18)25-22-13-7-5-11-20(22)23(19)26-24/h4-7,9-14,16H,8,15H2,1-3H3. The molecule has 0 radical (unpaired) electrons. The van der Waals surface area contributed by atoms with Crippen LogP contribution in [0, 0.1) is 0 Å². The molecule has 0 spiro atoms. The quantitative estimate of drug-likeness (QED) is 0.573. The fourth-order valence-corrected chi connectivity index (χ4v) is 3.49. The molecule has 2 nitrogen and oxygen atoms in total. The molecule has 2 heteroatoms. The van der Waals surface area contributed by atoms with Gasteiger partial charge in [-0.1, -0.05) is 48.1 Å². The van der Waals surface area contributed by atoms with Crippen molar-refractivity contribution >= 4 is 11.3 Å². The second kappa shape index (κ2) is 6.53. The molecular weight excluding hydrogens is 320 g/mol. The fourth-order valence-electron chi connectivity index (χ4n) is 3.49. The summed E-state index contributed by atoms with van der Waals surface area (Å²) < 4.78 is 12.8. The van der Waals surface area contributed by atoms with Gasteiger partial charge in [0.05, 0.1) is 5.56 Å². The van der Waals surface area contributed by atoms with Gasteiger partial charge in [0.1, 0.15) is 22.9 Å². The zero-order valence-corrected chi connectivity index (χ0v) is 15.6. The highest BCUT2D eigenvalue weighted by molar-refractivity contribution is 5.97. The fraction of sp³-hybridized carbons (Fsp3) is 0.250. The van der Waals surface area contributed by atoms with Gasteiger partial charge in [-0.15, -0.1) is 0 Å². The average molecular weight is 344 g/mol. The van der Waals surface area contributed by atoms with Gasteiger partial charge in [-0.2, -0.15) is 0 Å². The number of hydrogen-bond donors (Lipinski definition) is 0. The van der Waals surface area contributed by atoms with Gasteiger partial charge in [0.25, 0.3) is 0 Å². The first-order valence-electron chi connectivity index (χ1n) is 9.18. The number of allylic oxidation sites excluding steroid dienone is 4. The van der Waals surface area contributed by atoms with Gasteiger partial charge < -0.3 is 9.47 Å². The summed E-state index contributed by atoms with van der Waals surface area (Å²) >= 11 is 0. The average Bonchev–Trinajstić information content (AvgIpc) is 2.75. The summed E-state index contributed by atoms with van der Waals surface area (Å²) in [4.78, 5) is 0. The van der Waals surface area contributed by atoms with E-state index in [0.717, 1.165) is 46.8 Å². The Morgan fingerprint density at radius 2 is 1.62 bits per heavy atom. The van der Waals surface area contributed by atoms with Crippen molar-refractivity contribution in [1.29, 1.82) is 0 Å². The molecule has 0 amide bonds. The van der Waals surface area contributed by atoms with Crippen LogP contribution in [0.25, 0.3) is 11.3 Å². The number of ether oxygens (including phenoxy) is 2. The summed E-state index contributed by atoms with van der Waals surface area (Å²) in [6, 6.07) is 16.3. The Morgan fingerprint density at radius 3 is 2.35 bits per heavy atom. The van der Waals surface area contributed by atoms with E-state index in [1.54, 1.807) is 0 Å². The third kappa shape index (κ3) is 3.08. The van der Waals surface area contributed by atoms with E-state index < -0.39 is 0 Å². The first kappa shape index (κ1) is 16.7. The molecule has 0 fully saturated rings. The van der Waals surface area contributed by atoms with Crippen LogP contribution < -0.4 is 4.74 Å². The summed E-state index contributed by atoms with van der Waals surface area (Å²) in [5, 5.41) is 0. The molecule has 1 atom stereocenters. The summed E-state index contributed by atoms with van der Waals surface area (Å²) in [6.07, 6.45) is 8.60. The summed E-state index contributed by atoms with van der Waals surface area (Å²) in [7, 11) is 0. The lowest BCUT2D eigenvalue weighted by atomic mass is 9.91. The molecular formula is C24H24O2. The number of hydrogen-bond acceptors (Lipinski definition) is 2. The van der Waals surface area contributed by atoms with Crippen molar-refractivity contribution in [3.05, 3.63) is 83.5 Å². The molecule has 0 saturated heterocycles. The van der Waals surface area contributed by atoms with Crippen LogP contribution in [0.3, 0.4) is 0 Å². The topological polar surface area (TPSA) is 18.5 Å². The Hall–Kier alpha value is -2.74. The SMILES string of the molecule is CC(C)=CCCC1(C)C=CC2=C(O1)c1ccccc1Oc1ccccc12. The van der Waals surface area contributed by atoms with Gasteiger partial charge in [-0.3, -0.25) is 0 Å². The van der Waals surface area contributed by atoms with E-state index >= 15 is 0 Å². The van der Waals surface area contributed by atoms with Crippen LogP contribution in [0.4, 0.5) is 0 Å². The highest BCUT2D eigenvalue weighted by Crippen LogP contribution is 2.47. The Morgan fingerprint density at radius 1 is 0.962 bits per heavy atom. The van der Waals surface area contributed by atoms with Crippen LogP contribution in [0.15, 0.2) is 72.3 Å². The van der Waals surface area contributed by atoms with Crippen LogP contribution in [0.2, 0.25) is 0 Å². The van der Waals surface area contributed by atoms with Crippen molar-refractivity contribution in [2.24, 2.45) is 0 Å². The van der Waals surface area contributed by atoms with E-state index in [1.807, 2.05) is 36.4 Å². The van der Waals surface area contributed by atoms with E-state index in [9.17, 15) is 0 Å². The van der Waals surface area contributed by atoms with E-state index in [0.29, 0.717) is 0 Å². The second-order valence-corrected chi connectivity index (χ2v) is 7.41. The predicted molar refractivity (Wildman–Crippen MR) is 107 cm³/mol. The molecule has 2 aliphatic rings. The van der Waals surface area contributed by atoms with Gasteiger partial charge in [0, 0.05) is 11.1 Å². The van der Waals surface area contributed by atoms with Crippen LogP contribution in [-0.2, 0) is 4.74 Å². The number of rotatable bonds is 3. The first-order valence-corrected chi connectivity index (χ1v) is 9.18. The van der Waals surface area contributed by atoms with Crippen molar-refractivity contribution in [2.75, 3.05) is 0 Å². The van der Waals surface area contributed by atoms with E-state index in [-0.39, 0.29) is 5.60 Å². The molecule has 2 aliphatic heterocycles. The number of fused-ring (bicyclic) bond motifs is 4. The minimum atomic E-state index is -0.322. The molecule has 26 heavy (non-hydrogen) atoms. The third-order valence-corrected chi connectivity index (χ3v) is 4.90. The smallest absolute Gasteiger partial charge is 0.139 e. The van der Waals surface area contributed by atoms with Gasteiger partial charge >= 0.3 is 0 Å². The molecule has 132 valence electrons. The summed E-state index contributed by atoms with van der Waals surface area (Å²) in [5.74, 6) is 2.62. The maximum atomic E-state index is 6.61. The zero-order chi connectivity index (χ0) is 18.1. The molecule has 2 aromatic carbocycles. The van der Waals surface area contributed by atoms with E-state index in [2.05, 4.69) is 51.1 Å². The minimum Gasteiger partial charge on any atom is -0.482 e. The Labute approximate surface area is 155 Å². The van der Waals surface area contributed by atoms with Gasteiger partial charge in [0.15, 0.2) is 0 Å². The predicted octanol–water partition coefficient (Wildman–Crippen LogP) is 6.75. The molecule has 0 bridgehead atoms. The third-order valence-electron chi connectivity index (χ3n) is 4.90. The minimum absolute atomic E-state index is 0.322. The second-order valence-electron chi connectivity index (χ2n) is 7.41. The lowest BCUT2D eigenvalue weighted by Crippen LogP contribution is -2.27. The molecule has 0 aromatic heterocycles. The summed E-state index contributed by atoms with van der Waals surface area (Å²) in [5.41, 5.74) is 4.19. The molecule has 1 unspecified atom stereocenters. The van der Waals surface area contributed by atoms with Crippen LogP contribution >= 0.6 is 0 Å². The molecule has 0 saturated carbocycles. The maximum Gasteiger partial charge on any atom is 0.139 e. The normalized spacial score (nSPS) is 20.1. The Bertz CT molecular complexity index is 929. The van der Waals surface area contributed by atoms with Crippen molar-refractivity contribution < 1.29 is 9.47 Å².